The second kappa shape index (κ2) is 5.31. The van der Waals surface area contributed by atoms with Gasteiger partial charge in [0.1, 0.15) is 17.0 Å². The summed E-state index contributed by atoms with van der Waals surface area (Å²) >= 11 is 7.34. The monoisotopic (exact) mass is 351 g/mol. The van der Waals surface area contributed by atoms with Crippen LogP contribution in [0.2, 0.25) is 5.02 Å². The van der Waals surface area contributed by atoms with E-state index in [1.54, 1.807) is 4.57 Å². The van der Waals surface area contributed by atoms with Crippen LogP contribution >= 0.6 is 23.3 Å². The van der Waals surface area contributed by atoms with Gasteiger partial charge in [-0.05, 0) is 31.7 Å². The molecule has 1 amide bonds. The molecule has 0 radical (unpaired) electrons. The summed E-state index contributed by atoms with van der Waals surface area (Å²) in [6.45, 7) is 0. The molecule has 120 valence electrons. The summed E-state index contributed by atoms with van der Waals surface area (Å²) in [5.41, 5.74) is -0.366. The second-order valence-electron chi connectivity index (χ2n) is 5.86. The lowest BCUT2D eigenvalue weighted by molar-refractivity contribution is 0.0877. The van der Waals surface area contributed by atoms with E-state index in [0.717, 1.165) is 43.8 Å². The molecule has 1 aliphatic carbocycles. The predicted molar refractivity (Wildman–Crippen MR) is 87.4 cm³/mol. The van der Waals surface area contributed by atoms with E-state index in [2.05, 4.69) is 19.4 Å². The highest BCUT2D eigenvalue weighted by Crippen LogP contribution is 2.38. The molecule has 2 aromatic rings. The Labute approximate surface area is 141 Å². The number of aromatic nitrogens is 3. The molecule has 9 heteroatoms. The number of nitrogens with zero attached hydrogens (tertiary/aromatic N) is 3. The Balaban J connectivity index is 1.87. The lowest BCUT2D eigenvalue weighted by Crippen LogP contribution is -2.48. The quantitative estimate of drug-likeness (QED) is 0.867. The number of fused-ring (bicyclic) bond motifs is 2. The maximum atomic E-state index is 13.0. The van der Waals surface area contributed by atoms with Crippen LogP contribution in [0.15, 0.2) is 17.1 Å². The number of nitrogens with one attached hydrogen (secondary N) is 2. The zero-order valence-electron chi connectivity index (χ0n) is 12.1. The fourth-order valence-corrected chi connectivity index (χ4v) is 4.12. The first-order valence-electron chi connectivity index (χ1n) is 7.44. The SMILES string of the molecule is O=C1NC2(CCCCC2)n2c1c(Cl)cc(Nc1cnsn1)c2=O. The van der Waals surface area contributed by atoms with E-state index < -0.39 is 5.66 Å². The van der Waals surface area contributed by atoms with E-state index in [9.17, 15) is 9.59 Å². The Morgan fingerprint density at radius 1 is 1.30 bits per heavy atom. The molecule has 1 fully saturated rings. The highest BCUT2D eigenvalue weighted by molar-refractivity contribution is 6.99. The van der Waals surface area contributed by atoms with Gasteiger partial charge >= 0.3 is 0 Å². The summed E-state index contributed by atoms with van der Waals surface area (Å²) in [5.74, 6) is 0.203. The fourth-order valence-electron chi connectivity index (χ4n) is 3.46. The summed E-state index contributed by atoms with van der Waals surface area (Å²) in [4.78, 5) is 25.3. The van der Waals surface area contributed by atoms with E-state index >= 15 is 0 Å². The number of halogens is 1. The Hall–Kier alpha value is -1.93. The van der Waals surface area contributed by atoms with Crippen molar-refractivity contribution in [2.75, 3.05) is 5.32 Å². The average molecular weight is 352 g/mol. The molecule has 0 aromatic carbocycles. The number of hydrogen-bond donors (Lipinski definition) is 2. The molecular formula is C14H14ClN5O2S. The lowest BCUT2D eigenvalue weighted by Gasteiger charge is -2.35. The fraction of sp³-hybridized carbons (Fsp3) is 0.429. The highest BCUT2D eigenvalue weighted by Gasteiger charge is 2.45. The Bertz CT molecular complexity index is 826. The Kier molecular flexibility index (Phi) is 3.38. The minimum Gasteiger partial charge on any atom is -0.333 e. The summed E-state index contributed by atoms with van der Waals surface area (Å²) in [6, 6.07) is 1.48. The van der Waals surface area contributed by atoms with E-state index in [4.69, 9.17) is 11.6 Å². The van der Waals surface area contributed by atoms with Gasteiger partial charge in [0.2, 0.25) is 0 Å². The first-order chi connectivity index (χ1) is 11.1. The zero-order chi connectivity index (χ0) is 16.0. The molecule has 1 aliphatic heterocycles. The summed E-state index contributed by atoms with van der Waals surface area (Å²) in [6.07, 6.45) is 6.07. The molecule has 7 nitrogen and oxygen atoms in total. The van der Waals surface area contributed by atoms with Gasteiger partial charge in [0, 0.05) is 0 Å². The van der Waals surface area contributed by atoms with Crippen LogP contribution in [0.4, 0.5) is 11.5 Å². The third kappa shape index (κ3) is 2.24. The van der Waals surface area contributed by atoms with Gasteiger partial charge in [-0.25, -0.2) is 0 Å². The van der Waals surface area contributed by atoms with Crippen LogP contribution in [0.1, 0.15) is 42.6 Å². The van der Waals surface area contributed by atoms with Gasteiger partial charge in [-0.15, -0.1) is 0 Å². The second-order valence-corrected chi connectivity index (χ2v) is 6.82. The Morgan fingerprint density at radius 3 is 2.78 bits per heavy atom. The molecule has 2 aromatic heterocycles. The van der Waals surface area contributed by atoms with Crippen molar-refractivity contribution in [3.63, 3.8) is 0 Å². The van der Waals surface area contributed by atoms with Gasteiger partial charge in [-0.2, -0.15) is 8.75 Å². The molecule has 1 spiro atoms. The third-order valence-corrected chi connectivity index (χ3v) is 5.21. The lowest BCUT2D eigenvalue weighted by atomic mass is 9.89. The number of pyridine rings is 1. The van der Waals surface area contributed by atoms with Crippen molar-refractivity contribution in [2.24, 2.45) is 0 Å². The first kappa shape index (κ1) is 14.6. The highest BCUT2D eigenvalue weighted by atomic mass is 35.5. The van der Waals surface area contributed by atoms with Gasteiger partial charge in [0.25, 0.3) is 11.5 Å². The molecule has 3 heterocycles. The van der Waals surface area contributed by atoms with E-state index in [1.807, 2.05) is 0 Å². The average Bonchev–Trinajstić information content (AvgIpc) is 3.12. The van der Waals surface area contributed by atoms with Gasteiger partial charge in [-0.1, -0.05) is 18.0 Å². The van der Waals surface area contributed by atoms with Crippen molar-refractivity contribution in [3.8, 4) is 0 Å². The summed E-state index contributed by atoms with van der Waals surface area (Å²) < 4.78 is 9.48. The predicted octanol–water partition coefficient (Wildman–Crippen LogP) is 2.46. The van der Waals surface area contributed by atoms with Crippen LogP contribution in [0.5, 0.6) is 0 Å². The molecule has 1 saturated carbocycles. The van der Waals surface area contributed by atoms with Crippen LogP contribution in [0, 0.1) is 0 Å². The summed E-state index contributed by atoms with van der Waals surface area (Å²) in [7, 11) is 0. The molecule has 2 aliphatic rings. The van der Waals surface area contributed by atoms with Crippen molar-refractivity contribution in [2.45, 2.75) is 37.8 Å². The van der Waals surface area contributed by atoms with E-state index in [1.165, 1.54) is 12.3 Å². The normalized spacial score (nSPS) is 18.7. The topological polar surface area (TPSA) is 88.9 Å². The Morgan fingerprint density at radius 2 is 2.09 bits per heavy atom. The molecular weight excluding hydrogens is 338 g/mol. The molecule has 2 N–H and O–H groups in total. The number of carbonyl (C=O) groups excluding carboxylic acids is 1. The van der Waals surface area contributed by atoms with Crippen LogP contribution in [-0.4, -0.2) is 19.2 Å². The van der Waals surface area contributed by atoms with Gasteiger partial charge < -0.3 is 10.6 Å². The molecule has 23 heavy (non-hydrogen) atoms. The minimum atomic E-state index is -0.649. The maximum Gasteiger partial charge on any atom is 0.276 e. The van der Waals surface area contributed by atoms with Crippen molar-refractivity contribution < 1.29 is 4.79 Å². The molecule has 4 rings (SSSR count). The van der Waals surface area contributed by atoms with Crippen molar-refractivity contribution in [3.05, 3.63) is 33.3 Å². The van der Waals surface area contributed by atoms with E-state index in [0.29, 0.717) is 11.5 Å². The first-order valence-corrected chi connectivity index (χ1v) is 8.55. The summed E-state index contributed by atoms with van der Waals surface area (Å²) in [5, 5.41) is 6.19. The van der Waals surface area contributed by atoms with Crippen LogP contribution in [-0.2, 0) is 5.66 Å². The molecule has 0 bridgehead atoms. The van der Waals surface area contributed by atoms with Gasteiger partial charge in [0.05, 0.1) is 22.9 Å². The number of rotatable bonds is 2. The maximum absolute atomic E-state index is 13.0. The van der Waals surface area contributed by atoms with Crippen molar-refractivity contribution in [1.29, 1.82) is 0 Å². The number of hydrogen-bond acceptors (Lipinski definition) is 6. The molecule has 0 saturated heterocycles. The van der Waals surface area contributed by atoms with Gasteiger partial charge in [-0.3, -0.25) is 14.2 Å². The minimum absolute atomic E-state index is 0.250. The van der Waals surface area contributed by atoms with Gasteiger partial charge in [0.15, 0.2) is 5.82 Å². The van der Waals surface area contributed by atoms with Crippen molar-refractivity contribution >= 4 is 40.7 Å². The smallest absolute Gasteiger partial charge is 0.276 e. The van der Waals surface area contributed by atoms with Crippen LogP contribution in [0.3, 0.4) is 0 Å². The number of anilines is 2. The standard InChI is InChI=1S/C14H14ClN5O2S/c15-8-6-9(17-10-7-16-23-19-10)13(22)20-11(8)12(21)18-14(20)4-2-1-3-5-14/h6-7H,1-5H2,(H,17,19)(H,18,21). The largest absolute Gasteiger partial charge is 0.333 e. The van der Waals surface area contributed by atoms with E-state index in [-0.39, 0.29) is 22.2 Å². The molecule has 0 atom stereocenters. The molecule has 0 unspecified atom stereocenters. The number of amides is 1. The zero-order valence-corrected chi connectivity index (χ0v) is 13.7. The van der Waals surface area contributed by atoms with Crippen LogP contribution < -0.4 is 16.2 Å². The third-order valence-electron chi connectivity index (χ3n) is 4.45. The van der Waals surface area contributed by atoms with Crippen LogP contribution in [0.25, 0.3) is 0 Å². The van der Waals surface area contributed by atoms with Crippen molar-refractivity contribution in [1.82, 2.24) is 18.6 Å². The number of carbonyl (C=O) groups is 1.